The van der Waals surface area contributed by atoms with Crippen LogP contribution in [0.5, 0.6) is 0 Å². The van der Waals surface area contributed by atoms with Crippen molar-refractivity contribution in [3.63, 3.8) is 0 Å². The number of nitrogens with zero attached hydrogens (tertiary/aromatic N) is 6. The van der Waals surface area contributed by atoms with Crippen LogP contribution in [0.25, 0.3) is 16.6 Å². The van der Waals surface area contributed by atoms with Gasteiger partial charge in [-0.2, -0.15) is 19.0 Å². The van der Waals surface area contributed by atoms with Crippen LogP contribution in [0.1, 0.15) is 27.3 Å². The first-order chi connectivity index (χ1) is 16.6. The molecule has 1 aromatic carbocycles. The second kappa shape index (κ2) is 9.04. The van der Waals surface area contributed by atoms with Gasteiger partial charge in [0, 0.05) is 18.6 Å². The van der Waals surface area contributed by atoms with E-state index in [1.54, 1.807) is 56.6 Å². The molecular formula is C22H22F2N10O. The normalized spacial score (nSPS) is 12.1. The Morgan fingerprint density at radius 1 is 1.20 bits per heavy atom. The van der Waals surface area contributed by atoms with Gasteiger partial charge in [-0.25, -0.2) is 10.5 Å². The molecule has 0 bridgehead atoms. The number of carbonyl (C=O) groups is 1. The molecule has 4 rings (SSSR count). The predicted octanol–water partition coefficient (Wildman–Crippen LogP) is 1.81. The van der Waals surface area contributed by atoms with E-state index in [4.69, 9.17) is 17.4 Å². The minimum Gasteiger partial charge on any atom is -0.321 e. The molecule has 0 aliphatic carbocycles. The van der Waals surface area contributed by atoms with E-state index < -0.39 is 23.2 Å². The number of amidine groups is 1. The number of nitrogens with two attached hydrogens (primary N) is 3. The summed E-state index contributed by atoms with van der Waals surface area (Å²) in [5.41, 5.74) is 6.13. The number of nitrogens with one attached hydrogen (secondary N) is 1. The zero-order valence-electron chi connectivity index (χ0n) is 18.8. The number of hydrazone groups is 1. The van der Waals surface area contributed by atoms with Crippen LogP contribution >= 0.6 is 0 Å². The maximum absolute atomic E-state index is 14.6. The van der Waals surface area contributed by atoms with Gasteiger partial charge in [0.05, 0.1) is 34.8 Å². The Morgan fingerprint density at radius 2 is 1.97 bits per heavy atom. The summed E-state index contributed by atoms with van der Waals surface area (Å²) in [6.07, 6.45) is 3.95. The number of benzene rings is 1. The summed E-state index contributed by atoms with van der Waals surface area (Å²) < 4.78 is 30.1. The molecule has 4 aromatic rings. The molecule has 0 atom stereocenters. The summed E-state index contributed by atoms with van der Waals surface area (Å²) in [7, 11) is 1.54. The van der Waals surface area contributed by atoms with E-state index in [0.29, 0.717) is 27.8 Å². The third kappa shape index (κ3) is 4.49. The zero-order valence-corrected chi connectivity index (χ0v) is 18.8. The lowest BCUT2D eigenvalue weighted by Crippen LogP contribution is -2.36. The maximum Gasteiger partial charge on any atom is 0.344 e. The van der Waals surface area contributed by atoms with E-state index in [2.05, 4.69) is 25.5 Å². The van der Waals surface area contributed by atoms with Crippen molar-refractivity contribution in [2.24, 2.45) is 22.5 Å². The average Bonchev–Trinajstić information content (AvgIpc) is 3.26. The van der Waals surface area contributed by atoms with Crippen molar-refractivity contribution in [3.8, 4) is 5.69 Å². The number of halogens is 2. The number of rotatable bonds is 5. The Kier molecular flexibility index (Phi) is 6.11. The number of amides is 1. The van der Waals surface area contributed by atoms with Crippen LogP contribution in [0.4, 0.5) is 14.5 Å². The lowest BCUT2D eigenvalue weighted by molar-refractivity contribution is -0.00478. The predicted molar refractivity (Wildman–Crippen MR) is 127 cm³/mol. The van der Waals surface area contributed by atoms with E-state index in [0.717, 1.165) is 10.9 Å². The first kappa shape index (κ1) is 23.7. The Balaban J connectivity index is 1.73. The largest absolute Gasteiger partial charge is 0.344 e. The minimum atomic E-state index is -3.87. The zero-order chi connectivity index (χ0) is 25.3. The number of aromatic nitrogens is 4. The molecule has 35 heavy (non-hydrogen) atoms. The molecular weight excluding hydrogens is 458 g/mol. The van der Waals surface area contributed by atoms with E-state index in [1.807, 2.05) is 0 Å². The highest BCUT2D eigenvalue weighted by Gasteiger charge is 2.37. The van der Waals surface area contributed by atoms with Crippen LogP contribution in [0.3, 0.4) is 0 Å². The number of alkyl halides is 2. The van der Waals surface area contributed by atoms with Crippen molar-refractivity contribution in [3.05, 3.63) is 77.5 Å². The van der Waals surface area contributed by atoms with Crippen LogP contribution in [0, 0.1) is 6.92 Å². The van der Waals surface area contributed by atoms with Crippen LogP contribution in [-0.4, -0.2) is 43.5 Å². The molecule has 0 unspecified atom stereocenters. The number of pyridine rings is 2. The third-order valence-electron chi connectivity index (χ3n) is 5.18. The third-order valence-corrected chi connectivity index (χ3v) is 5.18. The van der Waals surface area contributed by atoms with E-state index in [1.165, 1.54) is 11.2 Å². The molecule has 11 nitrogen and oxygen atoms in total. The van der Waals surface area contributed by atoms with Crippen molar-refractivity contribution in [2.45, 2.75) is 13.0 Å². The summed E-state index contributed by atoms with van der Waals surface area (Å²) in [5, 5.41) is 12.0. The van der Waals surface area contributed by atoms with Crippen LogP contribution in [-0.2, 0) is 6.05 Å². The van der Waals surface area contributed by atoms with Gasteiger partial charge in [-0.15, -0.1) is 0 Å². The molecule has 0 saturated heterocycles. The molecule has 0 saturated carbocycles. The Morgan fingerprint density at radius 3 is 2.63 bits per heavy atom. The number of hydrogen-bond donors (Lipinski definition) is 4. The van der Waals surface area contributed by atoms with Gasteiger partial charge < -0.3 is 11.2 Å². The SMILES string of the molecule is Cc1cc(NC(=O)c2cnn(-c3cccc4ncccc34)c2C(N)(F)F)cnc1/C(=N/N)N(C)N. The Hall–Kier alpha value is -4.49. The van der Waals surface area contributed by atoms with Gasteiger partial charge >= 0.3 is 6.05 Å². The minimum absolute atomic E-state index is 0.219. The first-order valence-corrected chi connectivity index (χ1v) is 10.3. The smallest absolute Gasteiger partial charge is 0.321 e. The quantitative estimate of drug-likeness (QED) is 0.110. The van der Waals surface area contributed by atoms with Crippen molar-refractivity contribution in [2.75, 3.05) is 12.4 Å². The van der Waals surface area contributed by atoms with Crippen LogP contribution in [0.15, 0.2) is 60.1 Å². The van der Waals surface area contributed by atoms with Gasteiger partial charge in [0.15, 0.2) is 5.84 Å². The number of hydrazine groups is 1. The molecule has 0 fully saturated rings. The van der Waals surface area contributed by atoms with Crippen molar-refractivity contribution < 1.29 is 13.6 Å². The standard InChI is InChI=1S/C22H22F2N10O/c1-12-9-13(10-29-18(12)20(32-26)33(2)27)31-21(35)15-11-30-34(19(15)22(23,24)25)17-7-3-6-16-14(17)5-4-8-28-16/h3-11H,25-27H2,1-2H3,(H,31,35)/b32-20-. The fourth-order valence-electron chi connectivity index (χ4n) is 3.68. The lowest BCUT2D eigenvalue weighted by atomic mass is 10.1. The Bertz CT molecular complexity index is 1440. The van der Waals surface area contributed by atoms with Crippen molar-refractivity contribution in [1.29, 1.82) is 0 Å². The molecule has 180 valence electrons. The monoisotopic (exact) mass is 480 g/mol. The Labute approximate surface area is 198 Å². The molecule has 7 N–H and O–H groups in total. The van der Waals surface area contributed by atoms with E-state index >= 15 is 0 Å². The average molecular weight is 480 g/mol. The molecule has 0 spiro atoms. The molecule has 3 heterocycles. The summed E-state index contributed by atoms with van der Waals surface area (Å²) in [6.45, 7) is 1.71. The summed E-state index contributed by atoms with van der Waals surface area (Å²) in [4.78, 5) is 21.5. The van der Waals surface area contributed by atoms with E-state index in [-0.39, 0.29) is 11.5 Å². The number of carbonyl (C=O) groups excluding carboxylic acids is 1. The highest BCUT2D eigenvalue weighted by molar-refractivity contribution is 6.05. The van der Waals surface area contributed by atoms with Gasteiger partial charge in [0.1, 0.15) is 11.4 Å². The van der Waals surface area contributed by atoms with Gasteiger partial charge in [0.2, 0.25) is 0 Å². The summed E-state index contributed by atoms with van der Waals surface area (Å²) in [5.74, 6) is 10.5. The lowest BCUT2D eigenvalue weighted by Gasteiger charge is -2.17. The van der Waals surface area contributed by atoms with Crippen molar-refractivity contribution in [1.82, 2.24) is 24.8 Å². The summed E-state index contributed by atoms with van der Waals surface area (Å²) >= 11 is 0. The number of aryl methyl sites for hydroxylation is 1. The van der Waals surface area contributed by atoms with Crippen molar-refractivity contribution >= 4 is 28.3 Å². The molecule has 0 aliphatic heterocycles. The molecule has 0 aliphatic rings. The van der Waals surface area contributed by atoms with Gasteiger partial charge in [-0.1, -0.05) is 6.07 Å². The van der Waals surface area contributed by atoms with E-state index in [9.17, 15) is 13.6 Å². The second-order valence-electron chi connectivity index (χ2n) is 7.70. The van der Waals surface area contributed by atoms with Gasteiger partial charge in [-0.05, 0) is 42.8 Å². The molecule has 0 radical (unpaired) electrons. The number of anilines is 1. The fraction of sp³-hybridized carbons (Fsp3) is 0.136. The maximum atomic E-state index is 14.6. The van der Waals surface area contributed by atoms with Gasteiger partial charge in [0.25, 0.3) is 5.91 Å². The first-order valence-electron chi connectivity index (χ1n) is 10.3. The summed E-state index contributed by atoms with van der Waals surface area (Å²) in [6, 6.07) is 6.07. The molecule has 13 heteroatoms. The van der Waals surface area contributed by atoms with Crippen LogP contribution in [0.2, 0.25) is 0 Å². The number of fused-ring (bicyclic) bond motifs is 1. The topological polar surface area (TPSA) is 166 Å². The van der Waals surface area contributed by atoms with Gasteiger partial charge in [-0.3, -0.25) is 25.5 Å². The molecule has 1 amide bonds. The second-order valence-corrected chi connectivity index (χ2v) is 7.70. The highest BCUT2D eigenvalue weighted by Crippen LogP contribution is 2.31. The fourth-order valence-corrected chi connectivity index (χ4v) is 3.68. The highest BCUT2D eigenvalue weighted by atomic mass is 19.3. The number of hydrogen-bond acceptors (Lipinski definition) is 8. The molecule has 3 aromatic heterocycles. The van der Waals surface area contributed by atoms with Crippen LogP contribution < -0.4 is 22.7 Å².